The highest BCUT2D eigenvalue weighted by atomic mass is 35.5. The van der Waals surface area contributed by atoms with E-state index >= 15 is 0 Å². The van der Waals surface area contributed by atoms with Crippen molar-refractivity contribution in [3.8, 4) is 0 Å². The van der Waals surface area contributed by atoms with Gasteiger partial charge >= 0.3 is 0 Å². The minimum Gasteiger partial charge on any atom is -0.398 e. The van der Waals surface area contributed by atoms with Crippen molar-refractivity contribution in [3.63, 3.8) is 0 Å². The van der Waals surface area contributed by atoms with Gasteiger partial charge in [0.15, 0.2) is 0 Å². The SMILES string of the molecule is CCN(Cc1cccc(C)n1)C(=O)c1cccc(N)c1Cl. The van der Waals surface area contributed by atoms with Crippen molar-refractivity contribution in [3.05, 3.63) is 58.4 Å². The Bertz CT molecular complexity index is 658. The Morgan fingerprint density at radius 1 is 1.29 bits per heavy atom. The second kappa shape index (κ2) is 6.59. The molecule has 5 heteroatoms. The van der Waals surface area contributed by atoms with Crippen molar-refractivity contribution in [1.82, 2.24) is 9.88 Å². The number of nitrogen functional groups attached to an aromatic ring is 1. The van der Waals surface area contributed by atoms with Crippen molar-refractivity contribution < 1.29 is 4.79 Å². The Kier molecular flexibility index (Phi) is 4.81. The molecule has 1 amide bonds. The summed E-state index contributed by atoms with van der Waals surface area (Å²) in [5.41, 5.74) is 8.37. The van der Waals surface area contributed by atoms with Gasteiger partial charge in [0.1, 0.15) is 0 Å². The molecule has 0 saturated heterocycles. The molecule has 0 saturated carbocycles. The lowest BCUT2D eigenvalue weighted by Gasteiger charge is -2.21. The van der Waals surface area contributed by atoms with Crippen LogP contribution in [0.4, 0.5) is 5.69 Å². The molecule has 110 valence electrons. The number of aromatic nitrogens is 1. The van der Waals surface area contributed by atoms with E-state index in [-0.39, 0.29) is 5.91 Å². The average molecular weight is 304 g/mol. The number of rotatable bonds is 4. The van der Waals surface area contributed by atoms with Gasteiger partial charge in [0.2, 0.25) is 0 Å². The summed E-state index contributed by atoms with van der Waals surface area (Å²) in [6, 6.07) is 10.9. The fourth-order valence-corrected chi connectivity index (χ4v) is 2.30. The van der Waals surface area contributed by atoms with E-state index in [9.17, 15) is 4.79 Å². The largest absolute Gasteiger partial charge is 0.398 e. The summed E-state index contributed by atoms with van der Waals surface area (Å²) in [6.45, 7) is 4.87. The van der Waals surface area contributed by atoms with Gasteiger partial charge in [0, 0.05) is 12.2 Å². The second-order valence-corrected chi connectivity index (χ2v) is 5.18. The maximum absolute atomic E-state index is 12.6. The van der Waals surface area contributed by atoms with Gasteiger partial charge in [0.05, 0.1) is 28.5 Å². The number of hydrogen-bond donors (Lipinski definition) is 1. The molecule has 1 heterocycles. The monoisotopic (exact) mass is 303 g/mol. The quantitative estimate of drug-likeness (QED) is 0.882. The molecular weight excluding hydrogens is 286 g/mol. The summed E-state index contributed by atoms with van der Waals surface area (Å²) in [5, 5.41) is 0.304. The summed E-state index contributed by atoms with van der Waals surface area (Å²) in [5.74, 6) is -0.141. The molecule has 0 aliphatic carbocycles. The molecular formula is C16H18ClN3O. The molecule has 0 fully saturated rings. The number of benzene rings is 1. The number of halogens is 1. The van der Waals surface area contributed by atoms with Crippen LogP contribution in [-0.4, -0.2) is 22.3 Å². The number of nitrogens with zero attached hydrogens (tertiary/aromatic N) is 2. The highest BCUT2D eigenvalue weighted by Crippen LogP contribution is 2.24. The number of hydrogen-bond acceptors (Lipinski definition) is 3. The lowest BCUT2D eigenvalue weighted by molar-refractivity contribution is 0.0750. The van der Waals surface area contributed by atoms with Crippen LogP contribution < -0.4 is 5.73 Å². The maximum atomic E-state index is 12.6. The van der Waals surface area contributed by atoms with Crippen LogP contribution in [0.2, 0.25) is 5.02 Å². The van der Waals surface area contributed by atoms with Gasteiger partial charge in [-0.3, -0.25) is 9.78 Å². The first-order chi connectivity index (χ1) is 10.0. The first-order valence-electron chi connectivity index (χ1n) is 6.78. The van der Waals surface area contributed by atoms with E-state index < -0.39 is 0 Å². The minimum absolute atomic E-state index is 0.141. The van der Waals surface area contributed by atoms with E-state index in [1.165, 1.54) is 0 Å². The Morgan fingerprint density at radius 2 is 2.00 bits per heavy atom. The number of amides is 1. The molecule has 2 N–H and O–H groups in total. The highest BCUT2D eigenvalue weighted by Gasteiger charge is 2.18. The molecule has 0 radical (unpaired) electrons. The molecule has 1 aromatic carbocycles. The van der Waals surface area contributed by atoms with Crippen molar-refractivity contribution >= 4 is 23.2 Å². The molecule has 0 spiro atoms. The third kappa shape index (κ3) is 3.52. The van der Waals surface area contributed by atoms with E-state index in [4.69, 9.17) is 17.3 Å². The lowest BCUT2D eigenvalue weighted by atomic mass is 10.1. The fraction of sp³-hybridized carbons (Fsp3) is 0.250. The number of carbonyl (C=O) groups is 1. The Hall–Kier alpha value is -2.07. The normalized spacial score (nSPS) is 10.4. The Morgan fingerprint density at radius 3 is 2.67 bits per heavy atom. The highest BCUT2D eigenvalue weighted by molar-refractivity contribution is 6.36. The van der Waals surface area contributed by atoms with Crippen LogP contribution in [0.5, 0.6) is 0 Å². The molecule has 0 aliphatic rings. The van der Waals surface area contributed by atoms with Gasteiger partial charge in [-0.25, -0.2) is 0 Å². The number of nitrogens with two attached hydrogens (primary N) is 1. The summed E-state index contributed by atoms with van der Waals surface area (Å²) in [4.78, 5) is 18.7. The van der Waals surface area contributed by atoms with E-state index in [0.717, 1.165) is 11.4 Å². The molecule has 1 aromatic heterocycles. The first-order valence-corrected chi connectivity index (χ1v) is 7.16. The maximum Gasteiger partial charge on any atom is 0.255 e. The number of aryl methyl sites for hydroxylation is 1. The molecule has 2 aromatic rings. The van der Waals surface area contributed by atoms with Crippen LogP contribution in [0.3, 0.4) is 0 Å². The summed E-state index contributed by atoms with van der Waals surface area (Å²) < 4.78 is 0. The van der Waals surface area contributed by atoms with Crippen molar-refractivity contribution in [2.24, 2.45) is 0 Å². The third-order valence-electron chi connectivity index (χ3n) is 3.23. The number of pyridine rings is 1. The number of carbonyl (C=O) groups excluding carboxylic acids is 1. The minimum atomic E-state index is -0.141. The molecule has 0 aliphatic heterocycles. The topological polar surface area (TPSA) is 59.2 Å². The van der Waals surface area contributed by atoms with Crippen molar-refractivity contribution in [1.29, 1.82) is 0 Å². The van der Waals surface area contributed by atoms with Crippen LogP contribution in [0.1, 0.15) is 28.7 Å². The van der Waals surface area contributed by atoms with Gasteiger partial charge < -0.3 is 10.6 Å². The van der Waals surface area contributed by atoms with Gasteiger partial charge in [0.25, 0.3) is 5.91 Å². The van der Waals surface area contributed by atoms with Gasteiger partial charge in [-0.05, 0) is 38.1 Å². The Balaban J connectivity index is 2.25. The zero-order chi connectivity index (χ0) is 15.4. The molecule has 0 atom stereocenters. The summed E-state index contributed by atoms with van der Waals surface area (Å²) in [7, 11) is 0. The predicted molar refractivity (Wildman–Crippen MR) is 85.3 cm³/mol. The van der Waals surface area contributed by atoms with Crippen LogP contribution >= 0.6 is 11.6 Å². The molecule has 0 bridgehead atoms. The van der Waals surface area contributed by atoms with Crippen molar-refractivity contribution in [2.45, 2.75) is 20.4 Å². The number of anilines is 1. The van der Waals surface area contributed by atoms with E-state index in [1.54, 1.807) is 23.1 Å². The van der Waals surface area contributed by atoms with E-state index in [2.05, 4.69) is 4.98 Å². The summed E-state index contributed by atoms with van der Waals surface area (Å²) in [6.07, 6.45) is 0. The van der Waals surface area contributed by atoms with Crippen LogP contribution in [0.15, 0.2) is 36.4 Å². The van der Waals surface area contributed by atoms with Gasteiger partial charge in [-0.1, -0.05) is 23.7 Å². The first kappa shape index (κ1) is 15.3. The van der Waals surface area contributed by atoms with Crippen LogP contribution in [0.25, 0.3) is 0 Å². The Labute approximate surface area is 129 Å². The average Bonchev–Trinajstić information content (AvgIpc) is 2.47. The summed E-state index contributed by atoms with van der Waals surface area (Å²) >= 11 is 6.13. The zero-order valence-corrected chi connectivity index (χ0v) is 12.9. The smallest absolute Gasteiger partial charge is 0.255 e. The standard InChI is InChI=1S/C16H18ClN3O/c1-3-20(10-12-7-4-6-11(2)19-12)16(21)13-8-5-9-14(18)15(13)17/h4-9H,3,10,18H2,1-2H3. The predicted octanol–water partition coefficient (Wildman–Crippen LogP) is 3.29. The zero-order valence-electron chi connectivity index (χ0n) is 12.1. The molecule has 4 nitrogen and oxygen atoms in total. The lowest BCUT2D eigenvalue weighted by Crippen LogP contribution is -2.31. The van der Waals surface area contributed by atoms with Crippen molar-refractivity contribution in [2.75, 3.05) is 12.3 Å². The van der Waals surface area contributed by atoms with Crippen LogP contribution in [0, 0.1) is 6.92 Å². The van der Waals surface area contributed by atoms with E-state index in [0.29, 0.717) is 29.4 Å². The van der Waals surface area contributed by atoms with Gasteiger partial charge in [-0.2, -0.15) is 0 Å². The third-order valence-corrected chi connectivity index (χ3v) is 3.65. The fourth-order valence-electron chi connectivity index (χ4n) is 2.10. The second-order valence-electron chi connectivity index (χ2n) is 4.80. The molecule has 2 rings (SSSR count). The van der Waals surface area contributed by atoms with Gasteiger partial charge in [-0.15, -0.1) is 0 Å². The van der Waals surface area contributed by atoms with E-state index in [1.807, 2.05) is 32.0 Å². The molecule has 0 unspecified atom stereocenters. The molecule has 21 heavy (non-hydrogen) atoms. The van der Waals surface area contributed by atoms with Crippen LogP contribution in [-0.2, 0) is 6.54 Å².